The smallest absolute Gasteiger partial charge is 0.247 e. The lowest BCUT2D eigenvalue weighted by Gasteiger charge is -2.15. The molecule has 5 nitrogen and oxygen atoms in total. The third-order valence-electron chi connectivity index (χ3n) is 2.20. The molecule has 1 aromatic carbocycles. The summed E-state index contributed by atoms with van der Waals surface area (Å²) in [6.07, 6.45) is 0. The molecule has 0 atom stereocenters. The largest absolute Gasteiger partial charge is 0.395 e. The van der Waals surface area contributed by atoms with Gasteiger partial charge in [0.2, 0.25) is 15.8 Å². The van der Waals surface area contributed by atoms with Crippen molar-refractivity contribution in [1.29, 1.82) is 0 Å². The van der Waals surface area contributed by atoms with Crippen molar-refractivity contribution in [2.45, 2.75) is 10.9 Å². The molecule has 20 heavy (non-hydrogen) atoms. The predicted octanol–water partition coefficient (Wildman–Crippen LogP) is 0.0136. The van der Waals surface area contributed by atoms with Crippen LogP contribution in [0.2, 0.25) is 0 Å². The second-order valence-corrected chi connectivity index (χ2v) is 5.23. The Morgan fingerprint density at radius 1 is 0.850 bits per heavy atom. The van der Waals surface area contributed by atoms with Gasteiger partial charge in [0.25, 0.3) is 0 Å². The zero-order valence-corrected chi connectivity index (χ0v) is 10.3. The zero-order valence-electron chi connectivity index (χ0n) is 9.50. The number of sulfonamides is 1. The van der Waals surface area contributed by atoms with Gasteiger partial charge in [0.1, 0.15) is 0 Å². The van der Waals surface area contributed by atoms with Gasteiger partial charge in [0.15, 0.2) is 28.2 Å². The van der Waals surface area contributed by atoms with Gasteiger partial charge < -0.3 is 10.2 Å². The molecule has 1 rings (SSSR count). The first-order chi connectivity index (χ1) is 9.17. The number of rotatable bonds is 5. The second-order valence-electron chi connectivity index (χ2n) is 3.58. The van der Waals surface area contributed by atoms with Gasteiger partial charge in [0.05, 0.1) is 19.3 Å². The lowest BCUT2D eigenvalue weighted by molar-refractivity contribution is 0.184. The van der Waals surface area contributed by atoms with Gasteiger partial charge in [-0.1, -0.05) is 0 Å². The van der Waals surface area contributed by atoms with E-state index in [0.717, 1.165) is 0 Å². The lowest BCUT2D eigenvalue weighted by atomic mass is 10.3. The summed E-state index contributed by atoms with van der Waals surface area (Å²) in [4.78, 5) is -2.08. The van der Waals surface area contributed by atoms with Crippen LogP contribution in [0.1, 0.15) is 0 Å². The van der Waals surface area contributed by atoms with E-state index in [4.69, 9.17) is 10.2 Å². The van der Waals surface area contributed by atoms with Crippen LogP contribution in [0, 0.1) is 29.1 Å². The summed E-state index contributed by atoms with van der Waals surface area (Å²) in [5.74, 6) is -12.4. The molecule has 0 fully saturated rings. The van der Waals surface area contributed by atoms with Gasteiger partial charge in [-0.2, -0.15) is 0 Å². The van der Waals surface area contributed by atoms with Crippen molar-refractivity contribution in [3.05, 3.63) is 29.1 Å². The minimum Gasteiger partial charge on any atom is -0.395 e. The van der Waals surface area contributed by atoms with E-state index in [1.54, 1.807) is 0 Å². The Morgan fingerprint density at radius 2 is 1.20 bits per heavy atom. The minimum absolute atomic E-state index is 0.953. The molecular weight excluding hydrogens is 313 g/mol. The van der Waals surface area contributed by atoms with Crippen LogP contribution in [0.25, 0.3) is 0 Å². The number of aliphatic hydroxyl groups excluding tert-OH is 2. The highest BCUT2D eigenvalue weighted by atomic mass is 32.2. The second kappa shape index (κ2) is 5.99. The summed E-state index contributed by atoms with van der Waals surface area (Å²) in [5.41, 5.74) is 0. The van der Waals surface area contributed by atoms with Crippen molar-refractivity contribution in [2.75, 3.05) is 13.2 Å². The Balaban J connectivity index is 3.47. The molecule has 0 aliphatic carbocycles. The molecular formula is C9H8F5NO4S. The van der Waals surface area contributed by atoms with Crippen molar-refractivity contribution < 1.29 is 40.6 Å². The molecule has 0 spiro atoms. The predicted molar refractivity (Wildman–Crippen MR) is 54.5 cm³/mol. The fourth-order valence-corrected chi connectivity index (χ4v) is 2.59. The molecule has 0 heterocycles. The van der Waals surface area contributed by atoms with Crippen LogP contribution in [-0.4, -0.2) is 37.9 Å². The van der Waals surface area contributed by atoms with E-state index in [1.807, 2.05) is 0 Å². The molecule has 0 saturated carbocycles. The first kappa shape index (κ1) is 16.8. The lowest BCUT2D eigenvalue weighted by Crippen LogP contribution is -2.41. The molecule has 0 saturated heterocycles. The topological polar surface area (TPSA) is 86.6 Å². The summed E-state index contributed by atoms with van der Waals surface area (Å²) >= 11 is 0. The summed E-state index contributed by atoms with van der Waals surface area (Å²) in [7, 11) is -5.17. The number of aliphatic hydroxyl groups is 2. The maximum absolute atomic E-state index is 13.3. The van der Waals surface area contributed by atoms with Gasteiger partial charge in [0, 0.05) is 0 Å². The average molecular weight is 321 g/mol. The Kier molecular flexibility index (Phi) is 5.02. The van der Waals surface area contributed by atoms with Crippen LogP contribution in [-0.2, 0) is 10.0 Å². The first-order valence-corrected chi connectivity index (χ1v) is 6.41. The van der Waals surface area contributed by atoms with Crippen LogP contribution >= 0.6 is 0 Å². The van der Waals surface area contributed by atoms with E-state index in [2.05, 4.69) is 0 Å². The fraction of sp³-hybridized carbons (Fsp3) is 0.333. The molecule has 0 aliphatic rings. The van der Waals surface area contributed by atoms with Crippen molar-refractivity contribution in [3.8, 4) is 0 Å². The first-order valence-electron chi connectivity index (χ1n) is 4.92. The third kappa shape index (κ3) is 2.90. The standard InChI is InChI=1S/C9H8F5NO4S/c10-4-5(11)7(13)9(8(14)6(4)12)20(18,19)15-3(1-16)2-17/h3,15-17H,1-2H2. The Labute approximate surface area is 109 Å². The minimum atomic E-state index is -5.17. The number of halogens is 5. The van der Waals surface area contributed by atoms with Gasteiger partial charge in [-0.25, -0.2) is 35.1 Å². The van der Waals surface area contributed by atoms with Gasteiger partial charge in [-0.15, -0.1) is 0 Å². The Morgan fingerprint density at radius 3 is 1.55 bits per heavy atom. The maximum atomic E-state index is 13.3. The van der Waals surface area contributed by atoms with E-state index in [1.165, 1.54) is 4.72 Å². The van der Waals surface area contributed by atoms with Crippen LogP contribution < -0.4 is 4.72 Å². The average Bonchev–Trinajstić information content (AvgIpc) is 2.40. The van der Waals surface area contributed by atoms with Gasteiger partial charge in [-0.05, 0) is 0 Å². The fourth-order valence-electron chi connectivity index (χ4n) is 1.23. The van der Waals surface area contributed by atoms with E-state index < -0.39 is 63.3 Å². The Hall–Kier alpha value is -1.30. The SMILES string of the molecule is O=S(=O)(NC(CO)CO)c1c(F)c(F)c(F)c(F)c1F. The molecule has 11 heteroatoms. The number of hydrogen-bond acceptors (Lipinski definition) is 4. The van der Waals surface area contributed by atoms with Crippen LogP contribution in [0.4, 0.5) is 22.0 Å². The van der Waals surface area contributed by atoms with Crippen LogP contribution in [0.3, 0.4) is 0 Å². The summed E-state index contributed by atoms with van der Waals surface area (Å²) < 4.78 is 89.6. The molecule has 0 bridgehead atoms. The highest BCUT2D eigenvalue weighted by molar-refractivity contribution is 7.89. The highest BCUT2D eigenvalue weighted by Gasteiger charge is 2.34. The van der Waals surface area contributed by atoms with Crippen molar-refractivity contribution in [1.82, 2.24) is 4.72 Å². The van der Waals surface area contributed by atoms with E-state index in [-0.39, 0.29) is 0 Å². The molecule has 0 unspecified atom stereocenters. The summed E-state index contributed by atoms with van der Waals surface area (Å²) in [6.45, 7) is -1.91. The number of hydrogen-bond donors (Lipinski definition) is 3. The molecule has 3 N–H and O–H groups in total. The summed E-state index contributed by atoms with van der Waals surface area (Å²) in [6, 6.07) is -1.56. The van der Waals surface area contributed by atoms with Crippen LogP contribution in [0.5, 0.6) is 0 Å². The van der Waals surface area contributed by atoms with Gasteiger partial charge >= 0.3 is 0 Å². The maximum Gasteiger partial charge on any atom is 0.247 e. The van der Waals surface area contributed by atoms with Gasteiger partial charge in [-0.3, -0.25) is 0 Å². The van der Waals surface area contributed by atoms with E-state index >= 15 is 0 Å². The third-order valence-corrected chi connectivity index (χ3v) is 3.74. The summed E-state index contributed by atoms with van der Waals surface area (Å²) in [5, 5.41) is 17.3. The normalized spacial score (nSPS) is 12.2. The molecule has 1 aromatic rings. The van der Waals surface area contributed by atoms with Crippen molar-refractivity contribution >= 4 is 10.0 Å². The van der Waals surface area contributed by atoms with E-state index in [9.17, 15) is 30.4 Å². The highest BCUT2D eigenvalue weighted by Crippen LogP contribution is 2.26. The van der Waals surface area contributed by atoms with Crippen molar-refractivity contribution in [2.24, 2.45) is 0 Å². The molecule has 0 aromatic heterocycles. The van der Waals surface area contributed by atoms with Crippen molar-refractivity contribution in [3.63, 3.8) is 0 Å². The molecule has 0 aliphatic heterocycles. The Bertz CT molecular complexity index is 588. The number of benzene rings is 1. The zero-order chi connectivity index (χ0) is 15.7. The molecule has 0 amide bonds. The van der Waals surface area contributed by atoms with E-state index in [0.29, 0.717) is 0 Å². The molecule has 114 valence electrons. The quantitative estimate of drug-likeness (QED) is 0.405. The number of nitrogens with one attached hydrogen (secondary N) is 1. The molecule has 0 radical (unpaired) electrons. The monoisotopic (exact) mass is 321 g/mol. The van der Waals surface area contributed by atoms with Crippen LogP contribution in [0.15, 0.2) is 4.90 Å².